The molecule has 0 heteroatoms. The molecule has 0 bridgehead atoms. The van der Waals surface area contributed by atoms with E-state index in [1.54, 1.807) is 5.57 Å². The van der Waals surface area contributed by atoms with Gasteiger partial charge in [-0.2, -0.15) is 0 Å². The molecule has 11 heavy (non-hydrogen) atoms. The second kappa shape index (κ2) is 3.94. The third kappa shape index (κ3) is 3.09. The average molecular weight is 152 g/mol. The van der Waals surface area contributed by atoms with Gasteiger partial charge >= 0.3 is 0 Å². The molecule has 0 heterocycles. The van der Waals surface area contributed by atoms with Gasteiger partial charge in [0.05, 0.1) is 0 Å². The Labute approximate surface area is 70.7 Å². The number of allylic oxidation sites excluding steroid dienone is 2. The molecule has 0 saturated carbocycles. The van der Waals surface area contributed by atoms with Crippen LogP contribution in [0.1, 0.15) is 46.5 Å². The summed E-state index contributed by atoms with van der Waals surface area (Å²) in [6, 6.07) is 0. The Balaban J connectivity index is 2.29. The van der Waals surface area contributed by atoms with Crippen molar-refractivity contribution in [3.8, 4) is 0 Å². The summed E-state index contributed by atoms with van der Waals surface area (Å²) in [4.78, 5) is 0. The largest absolute Gasteiger partial charge is 0.0853 e. The maximum absolute atomic E-state index is 2.43. The molecule has 0 amide bonds. The van der Waals surface area contributed by atoms with E-state index in [2.05, 4.69) is 26.8 Å². The van der Waals surface area contributed by atoms with Crippen LogP contribution in [0, 0.1) is 11.8 Å². The predicted octanol–water partition coefficient (Wildman–Crippen LogP) is 3.78. The highest BCUT2D eigenvalue weighted by molar-refractivity contribution is 5.02. The summed E-state index contributed by atoms with van der Waals surface area (Å²) in [7, 11) is 0. The van der Waals surface area contributed by atoms with Gasteiger partial charge < -0.3 is 0 Å². The molecule has 0 aromatic rings. The molecule has 0 saturated heterocycles. The van der Waals surface area contributed by atoms with Crippen LogP contribution >= 0.6 is 0 Å². The lowest BCUT2D eigenvalue weighted by Gasteiger charge is -2.21. The maximum Gasteiger partial charge on any atom is -0.0319 e. The van der Waals surface area contributed by atoms with Crippen LogP contribution in [0.25, 0.3) is 0 Å². The van der Waals surface area contributed by atoms with Crippen LogP contribution in [0.3, 0.4) is 0 Å². The number of hydrogen-bond acceptors (Lipinski definition) is 0. The van der Waals surface area contributed by atoms with Gasteiger partial charge in [0.25, 0.3) is 0 Å². The van der Waals surface area contributed by atoms with E-state index in [1.165, 1.54) is 25.7 Å². The summed E-state index contributed by atoms with van der Waals surface area (Å²) in [5.74, 6) is 1.87. The van der Waals surface area contributed by atoms with Gasteiger partial charge in [-0.25, -0.2) is 0 Å². The van der Waals surface area contributed by atoms with E-state index in [0.29, 0.717) is 0 Å². The Morgan fingerprint density at radius 3 is 2.73 bits per heavy atom. The highest BCUT2D eigenvalue weighted by Crippen LogP contribution is 2.27. The van der Waals surface area contributed by atoms with Crippen LogP contribution in [-0.4, -0.2) is 0 Å². The highest BCUT2D eigenvalue weighted by atomic mass is 14.2. The van der Waals surface area contributed by atoms with Gasteiger partial charge in [0.1, 0.15) is 0 Å². The molecule has 0 radical (unpaired) electrons. The lowest BCUT2D eigenvalue weighted by molar-refractivity contribution is 0.377. The number of hydrogen-bond donors (Lipinski definition) is 0. The van der Waals surface area contributed by atoms with Gasteiger partial charge in [-0.1, -0.05) is 25.5 Å². The summed E-state index contributed by atoms with van der Waals surface area (Å²) < 4.78 is 0. The Kier molecular flexibility index (Phi) is 3.16. The molecule has 0 unspecified atom stereocenters. The minimum absolute atomic E-state index is 0.881. The summed E-state index contributed by atoms with van der Waals surface area (Å²) in [5.41, 5.74) is 1.60. The topological polar surface area (TPSA) is 0 Å². The molecule has 64 valence electrons. The molecule has 0 aliphatic heterocycles. The lowest BCUT2D eigenvalue weighted by Crippen LogP contribution is -2.07. The minimum Gasteiger partial charge on any atom is -0.0853 e. The standard InChI is InChI=1S/C11H20/c1-9(2)8-11-6-4-10(3)5-7-11/h4,9,11H,5-8H2,1-3H3/t11-/m0/s1. The first kappa shape index (κ1) is 8.83. The van der Waals surface area contributed by atoms with Crippen molar-refractivity contribution in [2.24, 2.45) is 11.8 Å². The van der Waals surface area contributed by atoms with Crippen molar-refractivity contribution in [2.45, 2.75) is 46.5 Å². The Morgan fingerprint density at radius 1 is 1.55 bits per heavy atom. The Hall–Kier alpha value is -0.260. The van der Waals surface area contributed by atoms with E-state index >= 15 is 0 Å². The fourth-order valence-electron chi connectivity index (χ4n) is 1.90. The molecular weight excluding hydrogens is 132 g/mol. The van der Waals surface area contributed by atoms with Gasteiger partial charge in [0.2, 0.25) is 0 Å². The van der Waals surface area contributed by atoms with Crippen LogP contribution in [0.2, 0.25) is 0 Å². The van der Waals surface area contributed by atoms with Crippen LogP contribution in [-0.2, 0) is 0 Å². The highest BCUT2D eigenvalue weighted by Gasteiger charge is 2.13. The molecule has 0 aromatic carbocycles. The summed E-state index contributed by atoms with van der Waals surface area (Å²) >= 11 is 0. The molecule has 1 aliphatic carbocycles. The van der Waals surface area contributed by atoms with E-state index in [4.69, 9.17) is 0 Å². The van der Waals surface area contributed by atoms with Gasteiger partial charge in [-0.05, 0) is 44.4 Å². The molecular formula is C11H20. The third-order valence-electron chi connectivity index (χ3n) is 2.55. The first-order valence-electron chi connectivity index (χ1n) is 4.84. The normalized spacial score (nSPS) is 25.5. The smallest absolute Gasteiger partial charge is 0.0319 e. The molecule has 0 N–H and O–H groups in total. The maximum atomic E-state index is 2.43. The summed E-state index contributed by atoms with van der Waals surface area (Å²) in [6.45, 7) is 6.90. The first-order chi connectivity index (χ1) is 5.18. The van der Waals surface area contributed by atoms with Crippen molar-refractivity contribution in [3.63, 3.8) is 0 Å². The summed E-state index contributed by atoms with van der Waals surface area (Å²) in [6.07, 6.45) is 7.96. The lowest BCUT2D eigenvalue weighted by atomic mass is 9.85. The van der Waals surface area contributed by atoms with E-state index < -0.39 is 0 Å². The molecule has 0 spiro atoms. The van der Waals surface area contributed by atoms with Crippen molar-refractivity contribution in [1.29, 1.82) is 0 Å². The zero-order valence-electron chi connectivity index (χ0n) is 8.06. The van der Waals surface area contributed by atoms with Gasteiger partial charge in [-0.15, -0.1) is 0 Å². The van der Waals surface area contributed by atoms with E-state index in [0.717, 1.165) is 11.8 Å². The minimum atomic E-state index is 0.881. The molecule has 0 fully saturated rings. The van der Waals surface area contributed by atoms with E-state index in [9.17, 15) is 0 Å². The molecule has 1 atom stereocenters. The second-order valence-corrected chi connectivity index (χ2v) is 4.32. The average Bonchev–Trinajstić information content (AvgIpc) is 1.93. The van der Waals surface area contributed by atoms with Crippen molar-refractivity contribution in [3.05, 3.63) is 11.6 Å². The monoisotopic (exact) mass is 152 g/mol. The Morgan fingerprint density at radius 2 is 2.27 bits per heavy atom. The Bertz CT molecular complexity index is 142. The van der Waals surface area contributed by atoms with Gasteiger partial charge in [-0.3, -0.25) is 0 Å². The van der Waals surface area contributed by atoms with Crippen molar-refractivity contribution < 1.29 is 0 Å². The SMILES string of the molecule is CC1=CC[C@H](CC(C)C)CC1. The van der Waals surface area contributed by atoms with Crippen molar-refractivity contribution >= 4 is 0 Å². The quantitative estimate of drug-likeness (QED) is 0.528. The second-order valence-electron chi connectivity index (χ2n) is 4.32. The zero-order valence-corrected chi connectivity index (χ0v) is 8.06. The fraction of sp³-hybridized carbons (Fsp3) is 0.818. The third-order valence-corrected chi connectivity index (χ3v) is 2.55. The van der Waals surface area contributed by atoms with Gasteiger partial charge in [0, 0.05) is 0 Å². The molecule has 0 aromatic heterocycles. The van der Waals surface area contributed by atoms with E-state index in [-0.39, 0.29) is 0 Å². The van der Waals surface area contributed by atoms with E-state index in [1.807, 2.05) is 0 Å². The van der Waals surface area contributed by atoms with Crippen molar-refractivity contribution in [2.75, 3.05) is 0 Å². The zero-order chi connectivity index (χ0) is 8.27. The predicted molar refractivity (Wildman–Crippen MR) is 50.6 cm³/mol. The molecule has 0 nitrogen and oxygen atoms in total. The molecule has 1 rings (SSSR count). The first-order valence-corrected chi connectivity index (χ1v) is 4.84. The van der Waals surface area contributed by atoms with Crippen molar-refractivity contribution in [1.82, 2.24) is 0 Å². The molecule has 1 aliphatic rings. The van der Waals surface area contributed by atoms with Crippen LogP contribution in [0.5, 0.6) is 0 Å². The van der Waals surface area contributed by atoms with Crippen LogP contribution in [0.4, 0.5) is 0 Å². The number of rotatable bonds is 2. The fourth-order valence-corrected chi connectivity index (χ4v) is 1.90. The van der Waals surface area contributed by atoms with Crippen LogP contribution in [0.15, 0.2) is 11.6 Å². The van der Waals surface area contributed by atoms with Crippen LogP contribution < -0.4 is 0 Å². The summed E-state index contributed by atoms with van der Waals surface area (Å²) in [5, 5.41) is 0. The van der Waals surface area contributed by atoms with Gasteiger partial charge in [0.15, 0.2) is 0 Å².